The van der Waals surface area contributed by atoms with Crippen molar-refractivity contribution < 1.29 is 9.53 Å². The van der Waals surface area contributed by atoms with E-state index in [9.17, 15) is 5.11 Å². The van der Waals surface area contributed by atoms with Crippen LogP contribution in [0.5, 0.6) is 0 Å². The van der Waals surface area contributed by atoms with Gasteiger partial charge in [0.25, 0.3) is 0 Å². The highest BCUT2D eigenvalue weighted by Crippen LogP contribution is 2.39. The number of aryl methyl sites for hydroxylation is 1. The van der Waals surface area contributed by atoms with Crippen LogP contribution in [0.25, 0.3) is 0 Å². The second-order valence-corrected chi connectivity index (χ2v) is 13.2. The Labute approximate surface area is 137 Å². The minimum absolute atomic E-state index is 0.213. The van der Waals surface area contributed by atoms with E-state index < -0.39 is 8.32 Å². The summed E-state index contributed by atoms with van der Waals surface area (Å²) >= 11 is 0. The van der Waals surface area contributed by atoms with E-state index in [1.54, 1.807) is 0 Å². The molecule has 0 aromatic heterocycles. The first-order chi connectivity index (χ1) is 10.1. The van der Waals surface area contributed by atoms with Crippen molar-refractivity contribution in [2.24, 2.45) is 5.92 Å². The van der Waals surface area contributed by atoms with Crippen molar-refractivity contribution in [3.8, 4) is 0 Å². The van der Waals surface area contributed by atoms with Gasteiger partial charge in [0.15, 0.2) is 8.32 Å². The van der Waals surface area contributed by atoms with Crippen molar-refractivity contribution >= 4 is 8.32 Å². The lowest BCUT2D eigenvalue weighted by atomic mass is 9.91. The second-order valence-electron chi connectivity index (χ2n) is 8.35. The van der Waals surface area contributed by atoms with Gasteiger partial charge in [-0.1, -0.05) is 45.9 Å². The van der Waals surface area contributed by atoms with Crippen LogP contribution in [0.4, 0.5) is 0 Å². The van der Waals surface area contributed by atoms with Gasteiger partial charge in [-0.15, -0.1) is 0 Å². The zero-order chi connectivity index (χ0) is 16.5. The third-order valence-electron chi connectivity index (χ3n) is 5.62. The average Bonchev–Trinajstić information content (AvgIpc) is 2.56. The maximum absolute atomic E-state index is 10.7. The smallest absolute Gasteiger partial charge is 0.192 e. The summed E-state index contributed by atoms with van der Waals surface area (Å²) in [6.45, 7) is 14.2. The number of aliphatic hydroxyl groups is 1. The summed E-state index contributed by atoms with van der Waals surface area (Å²) in [6.07, 6.45) is 2.98. The molecule has 0 spiro atoms. The SMILES string of the molecule is CC1CCCc2cccc(CO[Si](C)(C)C(C)(C)C)c2C1O. The quantitative estimate of drug-likeness (QED) is 0.611. The maximum atomic E-state index is 10.7. The molecule has 0 radical (unpaired) electrons. The number of aliphatic hydroxyl groups excluding tert-OH is 1. The molecule has 22 heavy (non-hydrogen) atoms. The van der Waals surface area contributed by atoms with Crippen LogP contribution in [0.2, 0.25) is 18.1 Å². The molecule has 1 aromatic rings. The van der Waals surface area contributed by atoms with Gasteiger partial charge in [-0.2, -0.15) is 0 Å². The topological polar surface area (TPSA) is 29.5 Å². The highest BCUT2D eigenvalue weighted by Gasteiger charge is 2.37. The second kappa shape index (κ2) is 6.46. The highest BCUT2D eigenvalue weighted by atomic mass is 28.4. The van der Waals surface area contributed by atoms with Crippen molar-refractivity contribution in [2.75, 3.05) is 0 Å². The molecule has 1 aliphatic rings. The first-order valence-electron chi connectivity index (χ1n) is 8.56. The molecule has 0 amide bonds. The van der Waals surface area contributed by atoms with Gasteiger partial charge in [0, 0.05) is 0 Å². The molecule has 0 heterocycles. The summed E-state index contributed by atoms with van der Waals surface area (Å²) in [5.74, 6) is 0.329. The number of rotatable bonds is 3. The molecule has 1 N–H and O–H groups in total. The Morgan fingerprint density at radius 3 is 2.59 bits per heavy atom. The molecule has 2 unspecified atom stereocenters. The van der Waals surface area contributed by atoms with E-state index in [0.717, 1.165) is 24.8 Å². The van der Waals surface area contributed by atoms with E-state index in [0.29, 0.717) is 12.5 Å². The Balaban J connectivity index is 2.26. The van der Waals surface area contributed by atoms with Crippen molar-refractivity contribution in [3.05, 3.63) is 34.9 Å². The van der Waals surface area contributed by atoms with Crippen LogP contribution < -0.4 is 0 Å². The summed E-state index contributed by atoms with van der Waals surface area (Å²) in [7, 11) is -1.77. The molecule has 1 aliphatic carbocycles. The summed E-state index contributed by atoms with van der Waals surface area (Å²) in [5, 5.41) is 10.9. The molecule has 0 bridgehead atoms. The molecule has 2 atom stereocenters. The summed E-state index contributed by atoms with van der Waals surface area (Å²) in [5.41, 5.74) is 3.64. The lowest BCUT2D eigenvalue weighted by Gasteiger charge is -2.36. The Hall–Kier alpha value is -0.643. The van der Waals surface area contributed by atoms with Crippen LogP contribution in [-0.2, 0) is 17.5 Å². The van der Waals surface area contributed by atoms with E-state index in [2.05, 4.69) is 59.0 Å². The molecule has 124 valence electrons. The fourth-order valence-electron chi connectivity index (χ4n) is 2.92. The van der Waals surface area contributed by atoms with Crippen molar-refractivity contribution in [1.82, 2.24) is 0 Å². The lowest BCUT2D eigenvalue weighted by molar-refractivity contribution is 0.112. The first kappa shape index (κ1) is 17.7. The number of hydrogen-bond acceptors (Lipinski definition) is 2. The molecule has 0 fully saturated rings. The van der Waals surface area contributed by atoms with E-state index in [1.165, 1.54) is 11.1 Å². The van der Waals surface area contributed by atoms with E-state index >= 15 is 0 Å². The predicted molar refractivity (Wildman–Crippen MR) is 95.5 cm³/mol. The van der Waals surface area contributed by atoms with E-state index in [4.69, 9.17) is 4.43 Å². The summed E-state index contributed by atoms with van der Waals surface area (Å²) < 4.78 is 6.40. The predicted octanol–water partition coefficient (Wildman–Crippen LogP) is 5.21. The van der Waals surface area contributed by atoms with Gasteiger partial charge in [0.2, 0.25) is 0 Å². The molecule has 0 saturated carbocycles. The number of fused-ring (bicyclic) bond motifs is 1. The maximum Gasteiger partial charge on any atom is 0.192 e. The average molecular weight is 321 g/mol. The normalized spacial score (nSPS) is 23.0. The fraction of sp³-hybridized carbons (Fsp3) is 0.684. The van der Waals surface area contributed by atoms with Crippen molar-refractivity contribution in [2.45, 2.75) is 77.8 Å². The Morgan fingerprint density at radius 1 is 1.27 bits per heavy atom. The van der Waals surface area contributed by atoms with E-state index in [1.807, 2.05) is 0 Å². The molecule has 3 heteroatoms. The van der Waals surface area contributed by atoms with Gasteiger partial charge < -0.3 is 9.53 Å². The first-order valence-corrected chi connectivity index (χ1v) is 11.5. The van der Waals surface area contributed by atoms with Crippen LogP contribution in [-0.4, -0.2) is 13.4 Å². The van der Waals surface area contributed by atoms with Crippen LogP contribution in [0.15, 0.2) is 18.2 Å². The molecular weight excluding hydrogens is 288 g/mol. The largest absolute Gasteiger partial charge is 0.413 e. The minimum Gasteiger partial charge on any atom is -0.413 e. The monoisotopic (exact) mass is 320 g/mol. The fourth-order valence-corrected chi connectivity index (χ4v) is 3.87. The van der Waals surface area contributed by atoms with Crippen molar-refractivity contribution in [3.63, 3.8) is 0 Å². The van der Waals surface area contributed by atoms with Crippen molar-refractivity contribution in [1.29, 1.82) is 0 Å². The molecule has 2 nitrogen and oxygen atoms in total. The Morgan fingerprint density at radius 2 is 1.95 bits per heavy atom. The van der Waals surface area contributed by atoms with Crippen LogP contribution in [0.1, 0.15) is 63.3 Å². The summed E-state index contributed by atoms with van der Waals surface area (Å²) in [4.78, 5) is 0. The number of hydrogen-bond donors (Lipinski definition) is 1. The molecule has 1 aromatic carbocycles. The third kappa shape index (κ3) is 3.64. The van der Waals surface area contributed by atoms with Gasteiger partial charge in [0.1, 0.15) is 0 Å². The zero-order valence-corrected chi connectivity index (χ0v) is 16.1. The zero-order valence-electron chi connectivity index (χ0n) is 15.1. The Bertz CT molecular complexity index is 517. The molecule has 0 aliphatic heterocycles. The van der Waals surface area contributed by atoms with Crippen LogP contribution in [0.3, 0.4) is 0 Å². The van der Waals surface area contributed by atoms with E-state index in [-0.39, 0.29) is 11.1 Å². The molecule has 2 rings (SSSR count). The van der Waals surface area contributed by atoms with Gasteiger partial charge in [-0.3, -0.25) is 0 Å². The van der Waals surface area contributed by atoms with Crippen LogP contribution in [0, 0.1) is 5.92 Å². The lowest BCUT2D eigenvalue weighted by Crippen LogP contribution is -2.40. The van der Waals surface area contributed by atoms with Gasteiger partial charge >= 0.3 is 0 Å². The Kier molecular flexibility index (Phi) is 5.20. The standard InChI is InChI=1S/C19H32O2Si/c1-14-9-7-10-15-11-8-12-16(17(15)18(14)20)13-21-22(5,6)19(2,3)4/h8,11-12,14,18,20H,7,9-10,13H2,1-6H3. The number of benzene rings is 1. The summed E-state index contributed by atoms with van der Waals surface area (Å²) in [6, 6.07) is 6.42. The van der Waals surface area contributed by atoms with Gasteiger partial charge in [-0.25, -0.2) is 0 Å². The highest BCUT2D eigenvalue weighted by molar-refractivity contribution is 6.74. The third-order valence-corrected chi connectivity index (χ3v) is 10.1. The van der Waals surface area contributed by atoms with Gasteiger partial charge in [-0.05, 0) is 60.0 Å². The molecular formula is C19H32O2Si. The molecule has 0 saturated heterocycles. The minimum atomic E-state index is -1.77. The van der Waals surface area contributed by atoms with Crippen LogP contribution >= 0.6 is 0 Å². The van der Waals surface area contributed by atoms with Gasteiger partial charge in [0.05, 0.1) is 12.7 Å².